The first-order chi connectivity index (χ1) is 9.56. The van der Waals surface area contributed by atoms with Gasteiger partial charge in [-0.25, -0.2) is 0 Å². The molecule has 0 aromatic heterocycles. The number of carbonyl (C=O) groups is 1. The Morgan fingerprint density at radius 2 is 1.95 bits per heavy atom. The highest BCUT2D eigenvalue weighted by atomic mass is 16.5. The Kier molecular flexibility index (Phi) is 8.15. The van der Waals surface area contributed by atoms with Crippen LogP contribution in [-0.4, -0.2) is 49.7 Å². The number of hydrogen-bond donors (Lipinski definition) is 1. The smallest absolute Gasteiger partial charge is 0.323 e. The molecule has 4 heteroatoms. The van der Waals surface area contributed by atoms with Gasteiger partial charge in [0.25, 0.3) is 0 Å². The van der Waals surface area contributed by atoms with Crippen LogP contribution in [0.4, 0.5) is 0 Å². The van der Waals surface area contributed by atoms with Crippen molar-refractivity contribution in [3.63, 3.8) is 0 Å². The van der Waals surface area contributed by atoms with Gasteiger partial charge in [0.1, 0.15) is 6.04 Å². The van der Waals surface area contributed by atoms with E-state index in [9.17, 15) is 4.79 Å². The molecule has 0 bridgehead atoms. The van der Waals surface area contributed by atoms with Gasteiger partial charge in [0, 0.05) is 19.6 Å². The monoisotopic (exact) mass is 284 g/mol. The van der Waals surface area contributed by atoms with Crippen LogP contribution in [0, 0.1) is 11.8 Å². The van der Waals surface area contributed by atoms with Crippen LogP contribution in [0.1, 0.15) is 47.0 Å². The second kappa shape index (κ2) is 9.35. The maximum atomic E-state index is 11.9. The fourth-order valence-corrected chi connectivity index (χ4v) is 3.15. The quantitative estimate of drug-likeness (QED) is 0.694. The van der Waals surface area contributed by atoms with Gasteiger partial charge < -0.3 is 15.0 Å². The van der Waals surface area contributed by atoms with Crippen LogP contribution in [0.2, 0.25) is 0 Å². The molecular weight excluding hydrogens is 252 g/mol. The first kappa shape index (κ1) is 17.4. The highest BCUT2D eigenvalue weighted by Crippen LogP contribution is 2.21. The van der Waals surface area contributed by atoms with Crippen molar-refractivity contribution >= 4 is 5.97 Å². The summed E-state index contributed by atoms with van der Waals surface area (Å²) in [5.41, 5.74) is 0. The number of carbonyl (C=O) groups excluding carboxylic acids is 1. The van der Waals surface area contributed by atoms with E-state index in [0.29, 0.717) is 6.61 Å². The van der Waals surface area contributed by atoms with Gasteiger partial charge in [-0.2, -0.15) is 0 Å². The minimum absolute atomic E-state index is 0.0981. The molecule has 1 fully saturated rings. The van der Waals surface area contributed by atoms with E-state index in [1.54, 1.807) is 0 Å². The van der Waals surface area contributed by atoms with Crippen molar-refractivity contribution in [3.8, 4) is 0 Å². The van der Waals surface area contributed by atoms with Crippen LogP contribution in [0.25, 0.3) is 0 Å². The SMILES string of the molecule is CCCNC(CCN1CC(C)CC(C)C1)C(=O)OCC. The Labute approximate surface area is 124 Å². The van der Waals surface area contributed by atoms with E-state index in [4.69, 9.17) is 4.74 Å². The Morgan fingerprint density at radius 1 is 1.30 bits per heavy atom. The largest absolute Gasteiger partial charge is 0.465 e. The molecule has 0 amide bonds. The third-order valence-corrected chi connectivity index (χ3v) is 3.89. The normalized spacial score (nSPS) is 25.4. The van der Waals surface area contributed by atoms with Crippen LogP contribution in [0.15, 0.2) is 0 Å². The Morgan fingerprint density at radius 3 is 2.50 bits per heavy atom. The zero-order valence-corrected chi connectivity index (χ0v) is 13.7. The maximum absolute atomic E-state index is 11.9. The number of hydrogen-bond acceptors (Lipinski definition) is 4. The van der Waals surface area contributed by atoms with E-state index in [2.05, 4.69) is 31.0 Å². The van der Waals surface area contributed by atoms with Gasteiger partial charge in [0.05, 0.1) is 6.61 Å². The fourth-order valence-electron chi connectivity index (χ4n) is 3.15. The third-order valence-electron chi connectivity index (χ3n) is 3.89. The lowest BCUT2D eigenvalue weighted by molar-refractivity contribution is -0.146. The molecule has 0 radical (unpaired) electrons. The van der Waals surface area contributed by atoms with Gasteiger partial charge in [-0.1, -0.05) is 20.8 Å². The minimum atomic E-state index is -0.151. The first-order valence-electron chi connectivity index (χ1n) is 8.19. The van der Waals surface area contributed by atoms with Gasteiger partial charge in [0.2, 0.25) is 0 Å². The predicted octanol–water partition coefficient (Wildman–Crippen LogP) is 2.29. The Hall–Kier alpha value is -0.610. The first-order valence-corrected chi connectivity index (χ1v) is 8.19. The van der Waals surface area contributed by atoms with Crippen LogP contribution >= 0.6 is 0 Å². The molecule has 3 atom stereocenters. The zero-order chi connectivity index (χ0) is 15.0. The summed E-state index contributed by atoms with van der Waals surface area (Å²) in [6.07, 6.45) is 3.21. The fraction of sp³-hybridized carbons (Fsp3) is 0.938. The number of esters is 1. The maximum Gasteiger partial charge on any atom is 0.323 e. The molecule has 1 N–H and O–H groups in total. The molecule has 1 aliphatic rings. The van der Waals surface area contributed by atoms with E-state index in [1.165, 1.54) is 6.42 Å². The van der Waals surface area contributed by atoms with E-state index in [0.717, 1.165) is 50.9 Å². The molecule has 1 rings (SSSR count). The lowest BCUT2D eigenvalue weighted by atomic mass is 9.91. The van der Waals surface area contributed by atoms with Gasteiger partial charge in [-0.15, -0.1) is 0 Å². The van der Waals surface area contributed by atoms with Gasteiger partial charge in [-0.3, -0.25) is 4.79 Å². The molecule has 0 aromatic carbocycles. The third kappa shape index (κ3) is 6.23. The van der Waals surface area contributed by atoms with E-state index in [-0.39, 0.29) is 12.0 Å². The van der Waals surface area contributed by atoms with E-state index in [1.807, 2.05) is 6.92 Å². The number of nitrogens with one attached hydrogen (secondary N) is 1. The van der Waals surface area contributed by atoms with Crippen molar-refractivity contribution in [2.45, 2.75) is 53.0 Å². The Balaban J connectivity index is 2.41. The zero-order valence-electron chi connectivity index (χ0n) is 13.7. The van der Waals surface area contributed by atoms with Gasteiger partial charge in [-0.05, 0) is 44.6 Å². The number of likely N-dealkylation sites (tertiary alicyclic amines) is 1. The molecule has 1 heterocycles. The van der Waals surface area contributed by atoms with Crippen LogP contribution in [0.5, 0.6) is 0 Å². The molecule has 0 saturated carbocycles. The van der Waals surface area contributed by atoms with Crippen molar-refractivity contribution in [3.05, 3.63) is 0 Å². The standard InChI is InChI=1S/C16H32N2O2/c1-5-8-17-15(16(19)20-6-2)7-9-18-11-13(3)10-14(4)12-18/h13-15,17H,5-12H2,1-4H3. The van der Waals surface area contributed by atoms with Crippen LogP contribution in [-0.2, 0) is 9.53 Å². The molecule has 0 aromatic rings. The highest BCUT2D eigenvalue weighted by Gasteiger charge is 2.24. The minimum Gasteiger partial charge on any atom is -0.465 e. The van der Waals surface area contributed by atoms with E-state index >= 15 is 0 Å². The summed E-state index contributed by atoms with van der Waals surface area (Å²) >= 11 is 0. The van der Waals surface area contributed by atoms with Crippen molar-refractivity contribution in [1.82, 2.24) is 10.2 Å². The molecule has 0 aliphatic carbocycles. The van der Waals surface area contributed by atoms with E-state index < -0.39 is 0 Å². The number of ether oxygens (including phenoxy) is 1. The van der Waals surface area contributed by atoms with Crippen molar-refractivity contribution in [1.29, 1.82) is 0 Å². The van der Waals surface area contributed by atoms with Crippen LogP contribution in [0.3, 0.4) is 0 Å². The molecule has 118 valence electrons. The molecular formula is C16H32N2O2. The summed E-state index contributed by atoms with van der Waals surface area (Å²) in [7, 11) is 0. The molecule has 3 unspecified atom stereocenters. The van der Waals surface area contributed by atoms with Gasteiger partial charge in [0.15, 0.2) is 0 Å². The molecule has 20 heavy (non-hydrogen) atoms. The summed E-state index contributed by atoms with van der Waals surface area (Å²) in [6, 6.07) is -0.151. The predicted molar refractivity (Wildman–Crippen MR) is 82.7 cm³/mol. The number of nitrogens with zero attached hydrogens (tertiary/aromatic N) is 1. The van der Waals surface area contributed by atoms with Crippen molar-refractivity contribution in [2.24, 2.45) is 11.8 Å². The lowest BCUT2D eigenvalue weighted by Crippen LogP contribution is -2.44. The number of rotatable bonds is 8. The summed E-state index contributed by atoms with van der Waals surface area (Å²) in [5.74, 6) is 1.44. The summed E-state index contributed by atoms with van der Waals surface area (Å²) in [6.45, 7) is 13.3. The second-order valence-electron chi connectivity index (χ2n) is 6.25. The lowest BCUT2D eigenvalue weighted by Gasteiger charge is -2.35. The second-order valence-corrected chi connectivity index (χ2v) is 6.25. The summed E-state index contributed by atoms with van der Waals surface area (Å²) in [4.78, 5) is 14.4. The Bertz CT molecular complexity index is 274. The molecule has 4 nitrogen and oxygen atoms in total. The average molecular weight is 284 g/mol. The van der Waals surface area contributed by atoms with Crippen molar-refractivity contribution in [2.75, 3.05) is 32.8 Å². The molecule has 1 aliphatic heterocycles. The molecule has 1 saturated heterocycles. The average Bonchev–Trinajstić information content (AvgIpc) is 2.38. The topological polar surface area (TPSA) is 41.6 Å². The summed E-state index contributed by atoms with van der Waals surface area (Å²) < 4.78 is 5.16. The highest BCUT2D eigenvalue weighted by molar-refractivity contribution is 5.75. The number of piperidine rings is 1. The molecule has 0 spiro atoms. The van der Waals surface area contributed by atoms with Crippen LogP contribution < -0.4 is 5.32 Å². The van der Waals surface area contributed by atoms with Gasteiger partial charge >= 0.3 is 5.97 Å². The van der Waals surface area contributed by atoms with Crippen molar-refractivity contribution < 1.29 is 9.53 Å². The summed E-state index contributed by atoms with van der Waals surface area (Å²) in [5, 5.41) is 3.31.